The van der Waals surface area contributed by atoms with Gasteiger partial charge in [-0.05, 0) is 11.6 Å². The summed E-state index contributed by atoms with van der Waals surface area (Å²) < 4.78 is 4.49. The molecule has 0 aliphatic rings. The molecule has 1 heterocycles. The molecule has 0 bridgehead atoms. The third kappa shape index (κ3) is 1.80. The number of oxazole rings is 1. The third-order valence-electron chi connectivity index (χ3n) is 0.402. The molecule has 0 N–H and O–H groups in total. The lowest BCUT2D eigenvalue weighted by Gasteiger charge is -1.63. The summed E-state index contributed by atoms with van der Waals surface area (Å²) in [6.45, 7) is 0. The molecule has 1 aromatic rings. The Kier molecular flexibility index (Phi) is 2.79. The van der Waals surface area contributed by atoms with Crippen molar-refractivity contribution in [1.82, 2.24) is 4.98 Å². The molecule has 0 saturated heterocycles. The quantitative estimate of drug-likeness (QED) is 0.548. The van der Waals surface area contributed by atoms with E-state index in [1.54, 1.807) is 0 Å². The molecule has 4 heteroatoms. The fraction of sp³-hybridized carbons (Fsp3) is 0. The number of halogens is 2. The summed E-state index contributed by atoms with van der Waals surface area (Å²) >= 11 is 5.18. The highest BCUT2D eigenvalue weighted by atomic mass is 35.5. The normalized spacial score (nSPS) is 7.57. The van der Waals surface area contributed by atoms with Crippen LogP contribution in [0.2, 0.25) is 5.35 Å². The highest BCUT2D eigenvalue weighted by Gasteiger charge is 1.81. The van der Waals surface area contributed by atoms with Crippen LogP contribution >= 0.6 is 24.0 Å². The molecule has 0 radical (unpaired) electrons. The van der Waals surface area contributed by atoms with Crippen molar-refractivity contribution in [3.8, 4) is 0 Å². The zero-order valence-corrected chi connectivity index (χ0v) is 4.87. The predicted octanol–water partition coefficient (Wildman–Crippen LogP) is 1.75. The monoisotopic (exact) mass is 139 g/mol. The van der Waals surface area contributed by atoms with Crippen LogP contribution in [0.4, 0.5) is 0 Å². The Morgan fingerprint density at radius 2 is 2.43 bits per heavy atom. The van der Waals surface area contributed by atoms with Gasteiger partial charge in [-0.25, -0.2) is 4.98 Å². The van der Waals surface area contributed by atoms with Crippen molar-refractivity contribution in [2.24, 2.45) is 0 Å². The van der Waals surface area contributed by atoms with Gasteiger partial charge in [0, 0.05) is 0 Å². The van der Waals surface area contributed by atoms with Crippen LogP contribution in [0.25, 0.3) is 0 Å². The molecule has 2 nitrogen and oxygen atoms in total. The fourth-order valence-electron chi connectivity index (χ4n) is 0.206. The molecule has 7 heavy (non-hydrogen) atoms. The summed E-state index contributed by atoms with van der Waals surface area (Å²) in [6.07, 6.45) is 2.91. The van der Waals surface area contributed by atoms with Crippen LogP contribution < -0.4 is 0 Å². The lowest BCUT2D eigenvalue weighted by molar-refractivity contribution is 0.560. The van der Waals surface area contributed by atoms with Gasteiger partial charge in [-0.2, -0.15) is 0 Å². The Balaban J connectivity index is 0.000000360. The summed E-state index contributed by atoms with van der Waals surface area (Å²) in [4.78, 5) is 3.52. The predicted molar refractivity (Wildman–Crippen MR) is 28.8 cm³/mol. The lowest BCUT2D eigenvalue weighted by atomic mass is 11.0. The zero-order chi connectivity index (χ0) is 4.41. The third-order valence-corrected chi connectivity index (χ3v) is 0.589. The van der Waals surface area contributed by atoms with Crippen molar-refractivity contribution in [2.75, 3.05) is 0 Å². The average Bonchev–Trinajstić information content (AvgIpc) is 1.86. The van der Waals surface area contributed by atoms with Crippen molar-refractivity contribution in [2.45, 2.75) is 0 Å². The summed E-state index contributed by atoms with van der Waals surface area (Å²) in [7, 11) is 0. The second-order valence-electron chi connectivity index (χ2n) is 0.785. The van der Waals surface area contributed by atoms with Crippen LogP contribution in [-0.4, -0.2) is 4.98 Å². The highest BCUT2D eigenvalue weighted by molar-refractivity contribution is 6.27. The maximum atomic E-state index is 5.18. The smallest absolute Gasteiger partial charge is 0.291 e. The topological polar surface area (TPSA) is 26.0 Å². The second kappa shape index (κ2) is 2.88. The van der Waals surface area contributed by atoms with E-state index in [0.717, 1.165) is 0 Å². The van der Waals surface area contributed by atoms with Crippen LogP contribution in [0.3, 0.4) is 0 Å². The largest absolute Gasteiger partial charge is 0.436 e. The van der Waals surface area contributed by atoms with Crippen LogP contribution in [-0.2, 0) is 0 Å². The van der Waals surface area contributed by atoms with Crippen LogP contribution in [0, 0.1) is 0 Å². The first-order valence-electron chi connectivity index (χ1n) is 1.44. The van der Waals surface area contributed by atoms with E-state index in [-0.39, 0.29) is 17.8 Å². The molecule has 1 rings (SSSR count). The van der Waals surface area contributed by atoms with Crippen molar-refractivity contribution in [3.05, 3.63) is 17.8 Å². The fourth-order valence-corrected chi connectivity index (χ4v) is 0.314. The van der Waals surface area contributed by atoms with E-state index in [2.05, 4.69) is 9.40 Å². The van der Waals surface area contributed by atoms with Gasteiger partial charge in [0.05, 0.1) is 6.20 Å². The molecule has 0 spiro atoms. The Morgan fingerprint density at radius 3 is 2.57 bits per heavy atom. The van der Waals surface area contributed by atoms with Crippen LogP contribution in [0.15, 0.2) is 16.9 Å². The van der Waals surface area contributed by atoms with Crippen LogP contribution in [0.5, 0.6) is 0 Å². The van der Waals surface area contributed by atoms with E-state index >= 15 is 0 Å². The number of hydrogen-bond donors (Lipinski definition) is 0. The van der Waals surface area contributed by atoms with Crippen LogP contribution in [0.1, 0.15) is 0 Å². The maximum absolute atomic E-state index is 5.18. The number of aromatic nitrogens is 1. The van der Waals surface area contributed by atoms with Gasteiger partial charge in [0.2, 0.25) is 0 Å². The van der Waals surface area contributed by atoms with E-state index < -0.39 is 0 Å². The van der Waals surface area contributed by atoms with Crippen molar-refractivity contribution in [3.63, 3.8) is 0 Å². The summed E-state index contributed by atoms with van der Waals surface area (Å²) in [5, 5.41) is 0.190. The van der Waals surface area contributed by atoms with E-state index in [4.69, 9.17) is 11.6 Å². The van der Waals surface area contributed by atoms with Crippen molar-refractivity contribution in [1.29, 1.82) is 0 Å². The van der Waals surface area contributed by atoms with E-state index in [9.17, 15) is 0 Å². The van der Waals surface area contributed by atoms with Gasteiger partial charge in [0.1, 0.15) is 6.26 Å². The molecule has 0 saturated carbocycles. The van der Waals surface area contributed by atoms with Gasteiger partial charge in [-0.3, -0.25) is 0 Å². The van der Waals surface area contributed by atoms with E-state index in [1.165, 1.54) is 12.5 Å². The summed E-state index contributed by atoms with van der Waals surface area (Å²) in [5.41, 5.74) is 0. The van der Waals surface area contributed by atoms with E-state index in [1.807, 2.05) is 0 Å². The molecule has 1 aromatic heterocycles. The standard InChI is InChI=1S/C3H2ClNO.ClH/c4-3-5-1-2-6-3;/h1-2H;1H. The minimum Gasteiger partial charge on any atom is -0.436 e. The zero-order valence-electron chi connectivity index (χ0n) is 3.30. The molecular weight excluding hydrogens is 137 g/mol. The average molecular weight is 140 g/mol. The van der Waals surface area contributed by atoms with E-state index in [0.29, 0.717) is 0 Å². The van der Waals surface area contributed by atoms with Gasteiger partial charge < -0.3 is 4.42 Å². The molecule has 0 unspecified atom stereocenters. The maximum Gasteiger partial charge on any atom is 0.291 e. The molecular formula is C3H3Cl2NO. The SMILES string of the molecule is Cl.Clc1ncco1. The van der Waals surface area contributed by atoms with Gasteiger partial charge in [-0.1, -0.05) is 0 Å². The Morgan fingerprint density at radius 1 is 1.71 bits per heavy atom. The first-order chi connectivity index (χ1) is 2.89. The number of nitrogens with zero attached hydrogens (tertiary/aromatic N) is 1. The molecule has 0 fully saturated rings. The molecule has 40 valence electrons. The molecule has 0 aromatic carbocycles. The Hall–Kier alpha value is -0.210. The lowest BCUT2D eigenvalue weighted by Crippen LogP contribution is -1.49. The van der Waals surface area contributed by atoms with Gasteiger partial charge in [-0.15, -0.1) is 12.4 Å². The summed E-state index contributed by atoms with van der Waals surface area (Å²) in [5.74, 6) is 0. The first-order valence-corrected chi connectivity index (χ1v) is 1.82. The van der Waals surface area contributed by atoms with Gasteiger partial charge >= 0.3 is 0 Å². The Labute approximate surface area is 51.9 Å². The molecule has 0 aliphatic heterocycles. The molecule has 0 amide bonds. The Bertz CT molecular complexity index is 116. The first kappa shape index (κ1) is 6.79. The molecule has 0 atom stereocenters. The highest BCUT2D eigenvalue weighted by Crippen LogP contribution is 1.99. The number of rotatable bonds is 0. The minimum atomic E-state index is 0. The van der Waals surface area contributed by atoms with Gasteiger partial charge in [0.25, 0.3) is 5.35 Å². The molecule has 0 aliphatic carbocycles. The van der Waals surface area contributed by atoms with Gasteiger partial charge in [0.15, 0.2) is 0 Å². The minimum absolute atomic E-state index is 0. The second-order valence-corrected chi connectivity index (χ2v) is 1.11. The van der Waals surface area contributed by atoms with Crippen molar-refractivity contribution < 1.29 is 4.42 Å². The summed E-state index contributed by atoms with van der Waals surface area (Å²) in [6, 6.07) is 0. The van der Waals surface area contributed by atoms with Crippen molar-refractivity contribution >= 4 is 24.0 Å². The number of hydrogen-bond acceptors (Lipinski definition) is 2.